The molecule has 2 unspecified atom stereocenters. The lowest BCUT2D eigenvalue weighted by Crippen LogP contribution is -2.45. The largest absolute Gasteiger partial charge is 0.466 e. The predicted octanol–water partition coefficient (Wildman–Crippen LogP) is 20.1. The first kappa shape index (κ1) is 69.8. The molecule has 0 heterocycles. The second-order valence-corrected chi connectivity index (χ2v) is 21.7. The third kappa shape index (κ3) is 57.1. The molecular weight excluding hydrogens is 887 g/mol. The number of carbonyl (C=O) groups excluding carboxylic acids is 2. The zero-order valence-corrected chi connectivity index (χ0v) is 48.2. The highest BCUT2D eigenvalue weighted by Crippen LogP contribution is 2.17. The highest BCUT2D eigenvalue weighted by Gasteiger charge is 2.18. The van der Waals surface area contributed by atoms with Crippen molar-refractivity contribution in [1.29, 1.82) is 0 Å². The van der Waals surface area contributed by atoms with Crippen molar-refractivity contribution in [1.82, 2.24) is 5.32 Å². The molecule has 72 heavy (non-hydrogen) atoms. The fourth-order valence-corrected chi connectivity index (χ4v) is 9.66. The van der Waals surface area contributed by atoms with Crippen molar-refractivity contribution in [2.24, 2.45) is 0 Å². The summed E-state index contributed by atoms with van der Waals surface area (Å²) in [5, 5.41) is 23.2. The van der Waals surface area contributed by atoms with Crippen LogP contribution >= 0.6 is 0 Å². The van der Waals surface area contributed by atoms with Crippen LogP contribution in [-0.4, -0.2) is 47.4 Å². The van der Waals surface area contributed by atoms with Crippen molar-refractivity contribution in [3.8, 4) is 0 Å². The van der Waals surface area contributed by atoms with E-state index in [0.717, 1.165) is 70.6 Å². The van der Waals surface area contributed by atoms with E-state index in [1.807, 2.05) is 6.08 Å². The molecule has 0 aromatic rings. The Morgan fingerprint density at radius 1 is 0.389 bits per heavy atom. The van der Waals surface area contributed by atoms with Crippen molar-refractivity contribution in [2.75, 3.05) is 13.2 Å². The van der Waals surface area contributed by atoms with E-state index in [0.29, 0.717) is 19.4 Å². The van der Waals surface area contributed by atoms with Gasteiger partial charge in [-0.05, 0) is 89.9 Å². The first-order chi connectivity index (χ1) is 35.5. The lowest BCUT2D eigenvalue weighted by Gasteiger charge is -2.20. The van der Waals surface area contributed by atoms with Crippen molar-refractivity contribution in [2.45, 2.75) is 347 Å². The second-order valence-electron chi connectivity index (χ2n) is 21.7. The summed E-state index contributed by atoms with van der Waals surface area (Å²) in [6.45, 7) is 4.86. The van der Waals surface area contributed by atoms with Crippen LogP contribution in [0, 0.1) is 0 Å². The molecule has 0 saturated carbocycles. The Morgan fingerprint density at radius 2 is 0.694 bits per heavy atom. The zero-order valence-electron chi connectivity index (χ0n) is 48.2. The maximum atomic E-state index is 12.5. The van der Waals surface area contributed by atoms with Gasteiger partial charge in [0.15, 0.2) is 0 Å². The fourth-order valence-electron chi connectivity index (χ4n) is 9.66. The summed E-state index contributed by atoms with van der Waals surface area (Å²) in [7, 11) is 0. The van der Waals surface area contributed by atoms with Gasteiger partial charge in [0.25, 0.3) is 0 Å². The van der Waals surface area contributed by atoms with Gasteiger partial charge in [-0.25, -0.2) is 0 Å². The highest BCUT2D eigenvalue weighted by atomic mass is 16.5. The Kier molecular flexibility index (Phi) is 59.5. The number of nitrogens with one attached hydrogen (secondary N) is 1. The van der Waals surface area contributed by atoms with E-state index in [9.17, 15) is 19.8 Å². The predicted molar refractivity (Wildman–Crippen MR) is 315 cm³/mol. The van der Waals surface area contributed by atoms with Gasteiger partial charge in [-0.2, -0.15) is 0 Å². The summed E-state index contributed by atoms with van der Waals surface area (Å²) >= 11 is 0. The summed E-state index contributed by atoms with van der Waals surface area (Å²) in [6.07, 6.45) is 78.6. The Balaban J connectivity index is 3.50. The van der Waals surface area contributed by atoms with Crippen molar-refractivity contribution >= 4 is 11.9 Å². The number of rotatable bonds is 59. The van der Waals surface area contributed by atoms with E-state index in [2.05, 4.69) is 55.6 Å². The fraction of sp³-hybridized carbons (Fsp3) is 0.848. The quantitative estimate of drug-likeness (QED) is 0.0320. The summed E-state index contributed by atoms with van der Waals surface area (Å²) in [5.74, 6) is -0.101. The molecule has 0 aromatic heterocycles. The van der Waals surface area contributed by atoms with Crippen LogP contribution in [0.2, 0.25) is 0 Å². The molecule has 0 aliphatic rings. The zero-order chi connectivity index (χ0) is 52.2. The Hall–Kier alpha value is -2.18. The van der Waals surface area contributed by atoms with E-state index in [4.69, 9.17) is 4.74 Å². The molecule has 0 spiro atoms. The number of aliphatic hydroxyl groups excluding tert-OH is 2. The van der Waals surface area contributed by atoms with Crippen LogP contribution in [-0.2, 0) is 14.3 Å². The average Bonchev–Trinajstić information content (AvgIpc) is 3.38. The molecule has 0 bridgehead atoms. The number of amides is 1. The first-order valence-electron chi connectivity index (χ1n) is 31.9. The van der Waals surface area contributed by atoms with Crippen molar-refractivity contribution < 1.29 is 24.5 Å². The van der Waals surface area contributed by atoms with Crippen LogP contribution < -0.4 is 5.32 Å². The van der Waals surface area contributed by atoms with Gasteiger partial charge in [0.1, 0.15) is 0 Å². The minimum Gasteiger partial charge on any atom is -0.466 e. The molecule has 6 nitrogen and oxygen atoms in total. The normalized spacial score (nSPS) is 12.9. The maximum absolute atomic E-state index is 12.5. The Bertz CT molecular complexity index is 1210. The molecular formula is C66H123NO5. The lowest BCUT2D eigenvalue weighted by molar-refractivity contribution is -0.143. The number of hydrogen-bond acceptors (Lipinski definition) is 5. The minimum atomic E-state index is -0.858. The number of esters is 1. The summed E-state index contributed by atoms with van der Waals surface area (Å²) in [6, 6.07) is -0.643. The van der Waals surface area contributed by atoms with E-state index < -0.39 is 12.1 Å². The molecule has 0 aliphatic carbocycles. The van der Waals surface area contributed by atoms with Gasteiger partial charge in [-0.15, -0.1) is 0 Å². The number of carbonyl (C=O) groups is 2. The summed E-state index contributed by atoms with van der Waals surface area (Å²) in [4.78, 5) is 24.6. The van der Waals surface area contributed by atoms with Crippen LogP contribution in [0.25, 0.3) is 0 Å². The molecule has 0 saturated heterocycles. The minimum absolute atomic E-state index is 0.0177. The summed E-state index contributed by atoms with van der Waals surface area (Å²) < 4.78 is 5.47. The van der Waals surface area contributed by atoms with Gasteiger partial charge < -0.3 is 20.3 Å². The second kappa shape index (κ2) is 61.4. The third-order valence-corrected chi connectivity index (χ3v) is 14.6. The number of unbranched alkanes of at least 4 members (excludes halogenated alkanes) is 42. The van der Waals surface area contributed by atoms with Gasteiger partial charge in [0.2, 0.25) is 5.91 Å². The summed E-state index contributed by atoms with van der Waals surface area (Å²) in [5.41, 5.74) is 0. The van der Waals surface area contributed by atoms with E-state index in [1.54, 1.807) is 6.08 Å². The first-order valence-corrected chi connectivity index (χ1v) is 31.9. The van der Waals surface area contributed by atoms with Gasteiger partial charge in [-0.3, -0.25) is 9.59 Å². The SMILES string of the molecule is CCCCC/C=C\C/C=C\CCCCCCCC(=O)OCCCCCCCCC/C=C\CCCCCCCC(=O)NC(CO)C(O)/C=C/CCCCCCCCCCCCCCCCCCCCCCCC. The van der Waals surface area contributed by atoms with E-state index in [1.165, 1.54) is 238 Å². The average molecular weight is 1010 g/mol. The maximum Gasteiger partial charge on any atom is 0.305 e. The lowest BCUT2D eigenvalue weighted by atomic mass is 10.0. The van der Waals surface area contributed by atoms with E-state index in [-0.39, 0.29) is 18.5 Å². The van der Waals surface area contributed by atoms with Crippen LogP contribution in [0.15, 0.2) is 48.6 Å². The molecule has 1 amide bonds. The number of aliphatic hydroxyl groups is 2. The van der Waals surface area contributed by atoms with Crippen LogP contribution in [0.1, 0.15) is 335 Å². The van der Waals surface area contributed by atoms with E-state index >= 15 is 0 Å². The molecule has 0 aliphatic heterocycles. The van der Waals surface area contributed by atoms with Gasteiger partial charge in [-0.1, -0.05) is 281 Å². The molecule has 0 rings (SSSR count). The number of hydrogen-bond donors (Lipinski definition) is 3. The Labute approximate surface area is 448 Å². The molecule has 0 fully saturated rings. The Morgan fingerprint density at radius 3 is 1.10 bits per heavy atom. The molecule has 422 valence electrons. The van der Waals surface area contributed by atoms with Crippen molar-refractivity contribution in [3.63, 3.8) is 0 Å². The molecule has 3 N–H and O–H groups in total. The molecule has 2 atom stereocenters. The molecule has 0 radical (unpaired) electrons. The van der Waals surface area contributed by atoms with Gasteiger partial charge >= 0.3 is 5.97 Å². The van der Waals surface area contributed by atoms with Crippen LogP contribution in [0.4, 0.5) is 0 Å². The molecule has 0 aromatic carbocycles. The van der Waals surface area contributed by atoms with Crippen LogP contribution in [0.3, 0.4) is 0 Å². The van der Waals surface area contributed by atoms with Gasteiger partial charge in [0, 0.05) is 12.8 Å². The smallest absolute Gasteiger partial charge is 0.305 e. The third-order valence-electron chi connectivity index (χ3n) is 14.6. The highest BCUT2D eigenvalue weighted by molar-refractivity contribution is 5.76. The number of allylic oxidation sites excluding steroid dienone is 7. The van der Waals surface area contributed by atoms with Gasteiger partial charge in [0.05, 0.1) is 25.4 Å². The number of ether oxygens (including phenoxy) is 1. The standard InChI is InChI=1S/C66H123NO5/c1-3-5-7-9-11-13-15-17-19-20-21-22-23-24-25-26-27-31-34-38-42-46-50-54-58-64(69)63(62-68)67-65(70)59-55-51-47-43-39-35-32-28-29-33-37-41-45-49-53-57-61-72-66(71)60-56-52-48-44-40-36-30-18-16-14-12-10-8-6-4-2/h12,14,18,28,30,32,54,58,63-64,68-69H,3-11,13,15-17,19-27,29,31,33-53,55-57,59-62H2,1-2H3,(H,67,70)/b14-12-,30-18-,32-28-,58-54+. The van der Waals surface area contributed by atoms with Crippen LogP contribution in [0.5, 0.6) is 0 Å². The monoisotopic (exact) mass is 1010 g/mol. The van der Waals surface area contributed by atoms with Crippen molar-refractivity contribution in [3.05, 3.63) is 48.6 Å². The topological polar surface area (TPSA) is 95.9 Å². The molecule has 6 heteroatoms.